The molecular formula is C18H17FN4O4. The standard InChI is InChI=1S/C18H17FN4O4/c1-2-25-16-5-11(3-4-20-16)18(19)7-12(8-18)26-17-10-21-13(9-22-17)14-6-15(24)23-27-14/h3-6,9-10,12H,2,7-8H2,1H3,(H,23,24)/t12-,18+. The van der Waals surface area contributed by atoms with Crippen LogP contribution in [-0.4, -0.2) is 37.9 Å². The lowest BCUT2D eigenvalue weighted by molar-refractivity contribution is -0.0489. The lowest BCUT2D eigenvalue weighted by Crippen LogP contribution is -2.44. The number of hydrogen-bond acceptors (Lipinski definition) is 8. The highest BCUT2D eigenvalue weighted by Crippen LogP contribution is 2.47. The molecule has 1 N–H and O–H groups in total. The van der Waals surface area contributed by atoms with E-state index in [2.05, 4.69) is 20.1 Å². The maximum Gasteiger partial charge on any atom is 0.252 e. The van der Waals surface area contributed by atoms with Gasteiger partial charge in [0.2, 0.25) is 11.8 Å². The van der Waals surface area contributed by atoms with E-state index in [0.29, 0.717) is 35.4 Å². The van der Waals surface area contributed by atoms with Gasteiger partial charge in [-0.1, -0.05) is 0 Å². The highest BCUT2D eigenvalue weighted by Gasteiger charge is 2.48. The van der Waals surface area contributed by atoms with Gasteiger partial charge in [0.15, 0.2) is 5.76 Å². The van der Waals surface area contributed by atoms with Crippen LogP contribution in [0, 0.1) is 0 Å². The normalized spacial score (nSPS) is 21.5. The fourth-order valence-corrected chi connectivity index (χ4v) is 2.96. The lowest BCUT2D eigenvalue weighted by Gasteiger charge is -2.41. The molecule has 3 heterocycles. The van der Waals surface area contributed by atoms with Crippen LogP contribution in [0.5, 0.6) is 17.6 Å². The number of hydrogen-bond donors (Lipinski definition) is 1. The van der Waals surface area contributed by atoms with Crippen molar-refractivity contribution in [3.63, 3.8) is 0 Å². The van der Waals surface area contributed by atoms with Gasteiger partial charge in [0, 0.05) is 25.1 Å². The van der Waals surface area contributed by atoms with E-state index >= 15 is 4.39 Å². The summed E-state index contributed by atoms with van der Waals surface area (Å²) in [6.45, 7) is 2.33. The Bertz CT molecular complexity index is 925. The Balaban J connectivity index is 1.38. The van der Waals surface area contributed by atoms with Crippen molar-refractivity contribution in [1.29, 1.82) is 0 Å². The van der Waals surface area contributed by atoms with E-state index < -0.39 is 5.67 Å². The number of alkyl halides is 1. The van der Waals surface area contributed by atoms with Gasteiger partial charge in [-0.15, -0.1) is 0 Å². The molecule has 0 aliphatic heterocycles. The van der Waals surface area contributed by atoms with Gasteiger partial charge in [0.25, 0.3) is 5.88 Å². The Hall–Kier alpha value is -3.23. The Morgan fingerprint density at radius 3 is 2.74 bits per heavy atom. The van der Waals surface area contributed by atoms with E-state index in [0.717, 1.165) is 0 Å². The Morgan fingerprint density at radius 1 is 1.22 bits per heavy atom. The SMILES string of the molecule is CCOc1cc([C@]2(F)C[C@@H](Oc3cnc(-c4cc(O)no4)cn3)C2)ccn1. The van der Waals surface area contributed by atoms with Gasteiger partial charge in [-0.25, -0.2) is 19.3 Å². The number of nitrogens with zero attached hydrogens (tertiary/aromatic N) is 4. The zero-order valence-electron chi connectivity index (χ0n) is 14.5. The van der Waals surface area contributed by atoms with Gasteiger partial charge in [-0.2, -0.15) is 0 Å². The van der Waals surface area contributed by atoms with Gasteiger partial charge in [-0.3, -0.25) is 0 Å². The van der Waals surface area contributed by atoms with E-state index in [9.17, 15) is 5.11 Å². The summed E-state index contributed by atoms with van der Waals surface area (Å²) in [4.78, 5) is 12.3. The fourth-order valence-electron chi connectivity index (χ4n) is 2.96. The van der Waals surface area contributed by atoms with Crippen LogP contribution in [0.4, 0.5) is 4.39 Å². The number of aromatic nitrogens is 4. The topological polar surface area (TPSA) is 103 Å². The average molecular weight is 372 g/mol. The van der Waals surface area contributed by atoms with Gasteiger partial charge in [0.05, 0.1) is 25.1 Å². The van der Waals surface area contributed by atoms with Gasteiger partial charge < -0.3 is 19.1 Å². The Kier molecular flexibility index (Phi) is 4.35. The van der Waals surface area contributed by atoms with Crippen molar-refractivity contribution < 1.29 is 23.5 Å². The minimum Gasteiger partial charge on any atom is -0.491 e. The zero-order chi connectivity index (χ0) is 18.9. The first-order chi connectivity index (χ1) is 13.1. The second-order valence-electron chi connectivity index (χ2n) is 6.22. The van der Waals surface area contributed by atoms with Crippen LogP contribution in [0.25, 0.3) is 11.5 Å². The maximum atomic E-state index is 15.1. The molecule has 3 aromatic heterocycles. The number of halogens is 1. The molecule has 4 rings (SSSR count). The number of rotatable bonds is 6. The van der Waals surface area contributed by atoms with Gasteiger partial charge >= 0.3 is 0 Å². The van der Waals surface area contributed by atoms with Crippen molar-refractivity contribution in [1.82, 2.24) is 20.1 Å². The first-order valence-electron chi connectivity index (χ1n) is 8.49. The van der Waals surface area contributed by atoms with Crippen molar-refractivity contribution in [2.24, 2.45) is 0 Å². The Morgan fingerprint density at radius 2 is 2.07 bits per heavy atom. The van der Waals surface area contributed by atoms with Crippen molar-refractivity contribution in [3.05, 3.63) is 42.4 Å². The quantitative estimate of drug-likeness (QED) is 0.704. The third kappa shape index (κ3) is 3.53. The van der Waals surface area contributed by atoms with Gasteiger partial charge in [-0.05, 0) is 23.7 Å². The van der Waals surface area contributed by atoms with Crippen molar-refractivity contribution in [2.75, 3.05) is 6.61 Å². The van der Waals surface area contributed by atoms with Crippen LogP contribution in [0.2, 0.25) is 0 Å². The molecular weight excluding hydrogens is 355 g/mol. The van der Waals surface area contributed by atoms with Crippen molar-refractivity contribution in [2.45, 2.75) is 31.5 Å². The highest BCUT2D eigenvalue weighted by atomic mass is 19.1. The third-order valence-electron chi connectivity index (χ3n) is 4.31. The minimum atomic E-state index is -1.47. The summed E-state index contributed by atoms with van der Waals surface area (Å²) >= 11 is 0. The summed E-state index contributed by atoms with van der Waals surface area (Å²) in [5.41, 5.74) is -0.527. The second-order valence-corrected chi connectivity index (χ2v) is 6.22. The van der Waals surface area contributed by atoms with Crippen molar-refractivity contribution in [3.8, 4) is 29.1 Å². The first kappa shape index (κ1) is 17.2. The van der Waals surface area contributed by atoms with Crippen LogP contribution in [0.15, 0.2) is 41.3 Å². The van der Waals surface area contributed by atoms with Crippen LogP contribution >= 0.6 is 0 Å². The molecule has 1 aliphatic rings. The van der Waals surface area contributed by atoms with E-state index in [1.165, 1.54) is 18.5 Å². The largest absolute Gasteiger partial charge is 0.491 e. The highest BCUT2D eigenvalue weighted by molar-refractivity contribution is 5.51. The molecule has 140 valence electrons. The molecule has 27 heavy (non-hydrogen) atoms. The molecule has 0 bridgehead atoms. The van der Waals surface area contributed by atoms with E-state index in [1.54, 1.807) is 18.3 Å². The number of aromatic hydroxyl groups is 1. The molecule has 0 spiro atoms. The molecule has 0 unspecified atom stereocenters. The molecule has 1 aliphatic carbocycles. The summed E-state index contributed by atoms with van der Waals surface area (Å²) in [7, 11) is 0. The molecule has 8 nitrogen and oxygen atoms in total. The summed E-state index contributed by atoms with van der Waals surface area (Å²) in [5.74, 6) is 0.765. The first-order valence-corrected chi connectivity index (χ1v) is 8.49. The zero-order valence-corrected chi connectivity index (χ0v) is 14.5. The molecule has 0 aromatic carbocycles. The molecule has 0 atom stereocenters. The van der Waals surface area contributed by atoms with E-state index in [4.69, 9.17) is 14.0 Å². The monoisotopic (exact) mass is 372 g/mol. The second kappa shape index (κ2) is 6.82. The van der Waals surface area contributed by atoms with Crippen LogP contribution in [0.1, 0.15) is 25.3 Å². The maximum absolute atomic E-state index is 15.1. The predicted octanol–water partition coefficient (Wildman–Crippen LogP) is 3.04. The molecule has 0 radical (unpaired) electrons. The number of ether oxygens (including phenoxy) is 2. The molecule has 1 fully saturated rings. The molecule has 1 saturated carbocycles. The van der Waals surface area contributed by atoms with Crippen molar-refractivity contribution >= 4 is 0 Å². The average Bonchev–Trinajstić information content (AvgIpc) is 3.08. The van der Waals surface area contributed by atoms with E-state index in [1.807, 2.05) is 6.92 Å². The molecule has 0 amide bonds. The summed E-state index contributed by atoms with van der Waals surface area (Å²) in [6, 6.07) is 4.61. The summed E-state index contributed by atoms with van der Waals surface area (Å²) in [5, 5.41) is 12.6. The minimum absolute atomic E-state index is 0.210. The summed E-state index contributed by atoms with van der Waals surface area (Å²) in [6.07, 6.45) is 4.53. The van der Waals surface area contributed by atoms with Crippen LogP contribution < -0.4 is 9.47 Å². The molecule has 9 heteroatoms. The third-order valence-corrected chi connectivity index (χ3v) is 4.31. The van der Waals surface area contributed by atoms with E-state index in [-0.39, 0.29) is 24.8 Å². The molecule has 0 saturated heterocycles. The summed E-state index contributed by atoms with van der Waals surface area (Å²) < 4.78 is 31.0. The predicted molar refractivity (Wildman–Crippen MR) is 91.0 cm³/mol. The number of pyridine rings is 1. The Labute approximate surface area is 154 Å². The lowest BCUT2D eigenvalue weighted by atomic mass is 9.74. The molecule has 3 aromatic rings. The smallest absolute Gasteiger partial charge is 0.252 e. The fraction of sp³-hybridized carbons (Fsp3) is 0.333. The van der Waals surface area contributed by atoms with Crippen LogP contribution in [-0.2, 0) is 5.67 Å². The van der Waals surface area contributed by atoms with Gasteiger partial charge in [0.1, 0.15) is 17.5 Å². The van der Waals surface area contributed by atoms with Crippen LogP contribution in [0.3, 0.4) is 0 Å².